The highest BCUT2D eigenvalue weighted by molar-refractivity contribution is 9.09. The van der Waals surface area contributed by atoms with Gasteiger partial charge in [-0.2, -0.15) is 0 Å². The van der Waals surface area contributed by atoms with Crippen LogP contribution in [-0.2, 0) is 0 Å². The number of halogens is 2. The Kier molecular flexibility index (Phi) is 5.66. The van der Waals surface area contributed by atoms with Crippen molar-refractivity contribution < 1.29 is 9.90 Å². The second kappa shape index (κ2) is 6.57. The van der Waals surface area contributed by atoms with Gasteiger partial charge in [0.2, 0.25) is 0 Å². The molecule has 0 fully saturated rings. The maximum atomic E-state index is 12.2. The first-order valence-corrected chi connectivity index (χ1v) is 7.96. The molecule has 0 saturated carbocycles. The van der Waals surface area contributed by atoms with Gasteiger partial charge in [-0.05, 0) is 25.5 Å². The number of phenolic OH excluding ortho intramolecular Hbond substituents is 1. The topological polar surface area (TPSA) is 49.3 Å². The number of hydrogen-bond acceptors (Lipinski definition) is 2. The number of carbonyl (C=O) groups excluding carboxylic acids is 1. The van der Waals surface area contributed by atoms with Crippen LogP contribution >= 0.6 is 31.9 Å². The molecular formula is C13H17Br2NO2. The van der Waals surface area contributed by atoms with Crippen LogP contribution in [0.4, 0.5) is 0 Å². The molecule has 0 aliphatic carbocycles. The third-order valence-electron chi connectivity index (χ3n) is 2.96. The summed E-state index contributed by atoms with van der Waals surface area (Å²) in [7, 11) is 0. The fraction of sp³-hybridized carbons (Fsp3) is 0.462. The second-order valence-electron chi connectivity index (χ2n) is 4.38. The molecule has 2 N–H and O–H groups in total. The number of benzene rings is 1. The van der Waals surface area contributed by atoms with Crippen LogP contribution in [0.15, 0.2) is 18.2 Å². The fourth-order valence-corrected chi connectivity index (χ4v) is 3.52. The Bertz CT molecular complexity index is 423. The number of carbonyl (C=O) groups is 1. The van der Waals surface area contributed by atoms with E-state index in [4.69, 9.17) is 0 Å². The number of nitrogens with one attached hydrogen (secondary N) is 1. The summed E-state index contributed by atoms with van der Waals surface area (Å²) in [4.78, 5) is 12.2. The molecule has 1 aromatic carbocycles. The minimum absolute atomic E-state index is 0.00671. The molecule has 0 aliphatic heterocycles. The van der Waals surface area contributed by atoms with Gasteiger partial charge in [-0.25, -0.2) is 0 Å². The third-order valence-corrected chi connectivity index (χ3v) is 5.11. The van der Waals surface area contributed by atoms with E-state index >= 15 is 0 Å². The van der Waals surface area contributed by atoms with Crippen molar-refractivity contribution in [3.05, 3.63) is 29.3 Å². The second-order valence-corrected chi connectivity index (χ2v) is 5.50. The van der Waals surface area contributed by atoms with Gasteiger partial charge in [0.25, 0.3) is 5.91 Å². The van der Waals surface area contributed by atoms with E-state index in [9.17, 15) is 9.90 Å². The average molecular weight is 379 g/mol. The Labute approximate surface area is 124 Å². The first kappa shape index (κ1) is 15.5. The molecule has 1 aromatic rings. The number of phenols is 1. The molecular weight excluding hydrogens is 362 g/mol. The Morgan fingerprint density at radius 2 is 2.00 bits per heavy atom. The molecule has 100 valence electrons. The van der Waals surface area contributed by atoms with Gasteiger partial charge in [-0.15, -0.1) is 0 Å². The molecule has 0 saturated heterocycles. The van der Waals surface area contributed by atoms with E-state index in [1.807, 2.05) is 13.8 Å². The Morgan fingerprint density at radius 1 is 1.39 bits per heavy atom. The average Bonchev–Trinajstić information content (AvgIpc) is 2.38. The zero-order valence-electron chi connectivity index (χ0n) is 10.5. The van der Waals surface area contributed by atoms with Crippen LogP contribution < -0.4 is 5.32 Å². The summed E-state index contributed by atoms with van der Waals surface area (Å²) in [5.41, 5.74) is 0.917. The Balaban J connectivity index is 2.97. The van der Waals surface area contributed by atoms with Crippen LogP contribution in [0, 0.1) is 6.92 Å². The van der Waals surface area contributed by atoms with Gasteiger partial charge in [-0.3, -0.25) is 4.79 Å². The molecule has 0 aromatic heterocycles. The van der Waals surface area contributed by atoms with Gasteiger partial charge in [0.05, 0.1) is 11.1 Å². The molecule has 0 heterocycles. The van der Waals surface area contributed by atoms with Gasteiger partial charge >= 0.3 is 0 Å². The summed E-state index contributed by atoms with van der Waals surface area (Å²) in [5, 5.41) is 14.0. The van der Waals surface area contributed by atoms with Crippen molar-refractivity contribution in [3.8, 4) is 5.75 Å². The molecule has 1 amide bonds. The predicted octanol–water partition coefficient (Wildman–Crippen LogP) is 3.37. The normalized spacial score (nSPS) is 11.3. The molecule has 0 aliphatic rings. The Hall–Kier alpha value is -0.550. The molecule has 0 unspecified atom stereocenters. The van der Waals surface area contributed by atoms with E-state index in [2.05, 4.69) is 37.2 Å². The Morgan fingerprint density at radius 3 is 2.50 bits per heavy atom. The van der Waals surface area contributed by atoms with Crippen molar-refractivity contribution in [1.29, 1.82) is 0 Å². The molecule has 0 spiro atoms. The first-order valence-electron chi connectivity index (χ1n) is 5.72. The number of amides is 1. The van der Waals surface area contributed by atoms with Crippen molar-refractivity contribution in [2.75, 3.05) is 10.7 Å². The summed E-state index contributed by atoms with van der Waals surface area (Å²) >= 11 is 6.84. The van der Waals surface area contributed by atoms with Crippen molar-refractivity contribution in [2.45, 2.75) is 25.8 Å². The van der Waals surface area contributed by atoms with Gasteiger partial charge < -0.3 is 10.4 Å². The smallest absolute Gasteiger partial charge is 0.255 e. The summed E-state index contributed by atoms with van der Waals surface area (Å²) in [6.45, 7) is 3.90. The van der Waals surface area contributed by atoms with Crippen molar-refractivity contribution in [3.63, 3.8) is 0 Å². The first-order chi connectivity index (χ1) is 8.48. The molecule has 0 bridgehead atoms. The van der Waals surface area contributed by atoms with E-state index in [0.29, 0.717) is 16.2 Å². The van der Waals surface area contributed by atoms with Crippen LogP contribution in [0.5, 0.6) is 5.75 Å². The lowest BCUT2D eigenvalue weighted by Crippen LogP contribution is -2.51. The zero-order valence-corrected chi connectivity index (χ0v) is 13.6. The molecule has 18 heavy (non-hydrogen) atoms. The van der Waals surface area contributed by atoms with Crippen LogP contribution in [0.2, 0.25) is 0 Å². The molecule has 0 radical (unpaired) electrons. The maximum Gasteiger partial charge on any atom is 0.255 e. The van der Waals surface area contributed by atoms with Crippen LogP contribution in [0.25, 0.3) is 0 Å². The molecule has 1 rings (SSSR count). The standard InChI is InChI=1S/C13H17Br2NO2/c1-3-13(7-14,8-15)16-12(18)10-6-9(2)4-5-11(10)17/h4-6,17H,3,7-8H2,1-2H3,(H,16,18). The fourth-order valence-electron chi connectivity index (χ4n) is 1.52. The number of hydrogen-bond donors (Lipinski definition) is 2. The SMILES string of the molecule is CCC(CBr)(CBr)NC(=O)c1cc(C)ccc1O. The van der Waals surface area contributed by atoms with Crippen molar-refractivity contribution >= 4 is 37.8 Å². The van der Waals surface area contributed by atoms with Crippen LogP contribution in [0.1, 0.15) is 29.3 Å². The summed E-state index contributed by atoms with van der Waals surface area (Å²) < 4.78 is 0. The van der Waals surface area contributed by atoms with E-state index in [0.717, 1.165) is 12.0 Å². The van der Waals surface area contributed by atoms with Crippen molar-refractivity contribution in [1.82, 2.24) is 5.32 Å². The lowest BCUT2D eigenvalue weighted by molar-refractivity contribution is 0.0912. The lowest BCUT2D eigenvalue weighted by atomic mass is 10.0. The largest absolute Gasteiger partial charge is 0.507 e. The van der Waals surface area contributed by atoms with Gasteiger partial charge in [-0.1, -0.05) is 50.4 Å². The van der Waals surface area contributed by atoms with E-state index in [-0.39, 0.29) is 17.2 Å². The summed E-state index contributed by atoms with van der Waals surface area (Å²) in [5.74, 6) is -0.246. The van der Waals surface area contributed by atoms with Crippen LogP contribution in [0.3, 0.4) is 0 Å². The quantitative estimate of drug-likeness (QED) is 0.771. The van der Waals surface area contributed by atoms with Crippen LogP contribution in [-0.4, -0.2) is 27.2 Å². The predicted molar refractivity (Wildman–Crippen MR) is 80.9 cm³/mol. The number of aryl methyl sites for hydroxylation is 1. The molecule has 5 heteroatoms. The van der Waals surface area contributed by atoms with E-state index in [1.54, 1.807) is 18.2 Å². The summed E-state index contributed by atoms with van der Waals surface area (Å²) in [6, 6.07) is 5.00. The minimum Gasteiger partial charge on any atom is -0.507 e. The van der Waals surface area contributed by atoms with Gasteiger partial charge in [0, 0.05) is 10.7 Å². The monoisotopic (exact) mass is 377 g/mol. The van der Waals surface area contributed by atoms with Gasteiger partial charge in [0.1, 0.15) is 5.75 Å². The highest BCUT2D eigenvalue weighted by atomic mass is 79.9. The lowest BCUT2D eigenvalue weighted by Gasteiger charge is -2.30. The highest BCUT2D eigenvalue weighted by Gasteiger charge is 2.28. The minimum atomic E-state index is -0.340. The number of alkyl halides is 2. The third kappa shape index (κ3) is 3.48. The molecule has 0 atom stereocenters. The van der Waals surface area contributed by atoms with Crippen molar-refractivity contribution in [2.24, 2.45) is 0 Å². The van der Waals surface area contributed by atoms with Gasteiger partial charge in [0.15, 0.2) is 0 Å². The number of aromatic hydroxyl groups is 1. The summed E-state index contributed by atoms with van der Waals surface area (Å²) in [6.07, 6.45) is 0.793. The number of rotatable bonds is 5. The zero-order chi connectivity index (χ0) is 13.8. The van der Waals surface area contributed by atoms with E-state index < -0.39 is 0 Å². The van der Waals surface area contributed by atoms with E-state index in [1.165, 1.54) is 0 Å². The highest BCUT2D eigenvalue weighted by Crippen LogP contribution is 2.22. The molecule has 3 nitrogen and oxygen atoms in total. The maximum absolute atomic E-state index is 12.2.